The number of hydrogen-bond donors (Lipinski definition) is 6. The molecule has 2 rings (SSSR count). The van der Waals surface area contributed by atoms with E-state index in [2.05, 4.69) is 16.0 Å². The Bertz CT molecular complexity index is 1240. The van der Waals surface area contributed by atoms with Crippen LogP contribution in [0.25, 0.3) is 0 Å². The van der Waals surface area contributed by atoms with Crippen molar-refractivity contribution in [1.29, 1.82) is 0 Å². The molecular formula is C27H31N3O11. The van der Waals surface area contributed by atoms with Crippen LogP contribution in [0.15, 0.2) is 54.6 Å². The molecular weight excluding hydrogens is 542 g/mol. The minimum Gasteiger partial charge on any atom is -0.481 e. The van der Waals surface area contributed by atoms with Crippen molar-refractivity contribution in [3.8, 4) is 5.75 Å². The summed E-state index contributed by atoms with van der Waals surface area (Å²) in [7, 11) is 0. The van der Waals surface area contributed by atoms with Crippen molar-refractivity contribution in [2.45, 2.75) is 57.4 Å². The highest BCUT2D eigenvalue weighted by Crippen LogP contribution is 2.17. The molecule has 220 valence electrons. The number of para-hydroxylation sites is 1. The molecule has 0 aliphatic rings. The molecule has 0 aromatic heterocycles. The molecule has 6 N–H and O–H groups in total. The number of amides is 3. The summed E-state index contributed by atoms with van der Waals surface area (Å²) in [6, 6.07) is 10.9. The van der Waals surface area contributed by atoms with Gasteiger partial charge in [-0.1, -0.05) is 30.3 Å². The van der Waals surface area contributed by atoms with Crippen LogP contribution in [0.1, 0.15) is 32.8 Å². The third kappa shape index (κ3) is 11.2. The Kier molecular flexibility index (Phi) is 11.2. The minimum atomic E-state index is -2.13. The largest absolute Gasteiger partial charge is 0.481 e. The summed E-state index contributed by atoms with van der Waals surface area (Å²) in [4.78, 5) is 72.0. The Morgan fingerprint density at radius 3 is 1.88 bits per heavy atom. The maximum atomic E-state index is 13.2. The molecule has 14 nitrogen and oxygen atoms in total. The number of carbonyl (C=O) groups is 6. The molecule has 0 heterocycles. The first-order valence-corrected chi connectivity index (χ1v) is 12.2. The van der Waals surface area contributed by atoms with Crippen LogP contribution in [0.3, 0.4) is 0 Å². The molecule has 0 unspecified atom stereocenters. The molecule has 3 amide bonds. The standard InChI is InChI=1S/C27H31N3O11/c1-27(2,3)41-26(39)30-19(14-20(31)32)23(34)29-18(22(33)28-16-7-5-4-6-8-16)13-15-9-11-17(12-10-15)40-21(24(35)36)25(37)38/h4-12,18-19,21H,13-14H2,1-3H3,(H,28,33)(H,29,34)(H,30,39)(H,31,32)(H,35,36)(H,37,38)/t18-,19-/m0/s1. The fraction of sp³-hybridized carbons (Fsp3) is 0.333. The van der Waals surface area contributed by atoms with Gasteiger partial charge in [0.15, 0.2) is 0 Å². The molecule has 0 aliphatic carbocycles. The SMILES string of the molecule is CC(C)(C)OC(=O)N[C@@H](CC(=O)O)C(=O)N[C@@H](Cc1ccc(OC(C(=O)O)C(=O)O)cc1)C(=O)Nc1ccccc1. The number of ether oxygens (including phenoxy) is 2. The van der Waals surface area contributed by atoms with E-state index in [9.17, 15) is 33.9 Å². The van der Waals surface area contributed by atoms with Gasteiger partial charge in [-0.3, -0.25) is 14.4 Å². The van der Waals surface area contributed by atoms with Crippen molar-refractivity contribution in [2.24, 2.45) is 0 Å². The Morgan fingerprint density at radius 1 is 0.780 bits per heavy atom. The molecule has 2 aromatic rings. The topological polar surface area (TPSA) is 218 Å². The summed E-state index contributed by atoms with van der Waals surface area (Å²) >= 11 is 0. The van der Waals surface area contributed by atoms with E-state index in [1.165, 1.54) is 24.3 Å². The molecule has 0 bridgehead atoms. The average molecular weight is 574 g/mol. The van der Waals surface area contributed by atoms with Crippen LogP contribution in [-0.4, -0.2) is 74.9 Å². The number of carbonyl (C=O) groups excluding carboxylic acids is 3. The van der Waals surface area contributed by atoms with Gasteiger partial charge in [-0.05, 0) is 50.6 Å². The predicted octanol–water partition coefficient (Wildman–Crippen LogP) is 1.64. The maximum absolute atomic E-state index is 13.2. The van der Waals surface area contributed by atoms with Crippen LogP contribution in [0, 0.1) is 0 Å². The third-order valence-electron chi connectivity index (χ3n) is 5.13. The quantitative estimate of drug-likeness (QED) is 0.189. The maximum Gasteiger partial charge on any atom is 0.408 e. The third-order valence-corrected chi connectivity index (χ3v) is 5.13. The van der Waals surface area contributed by atoms with Crippen molar-refractivity contribution >= 4 is 41.5 Å². The fourth-order valence-corrected chi connectivity index (χ4v) is 3.35. The second kappa shape index (κ2) is 14.3. The molecule has 0 saturated heterocycles. The van der Waals surface area contributed by atoms with Gasteiger partial charge >= 0.3 is 24.0 Å². The van der Waals surface area contributed by atoms with Crippen molar-refractivity contribution in [3.05, 3.63) is 60.2 Å². The Hall–Kier alpha value is -5.14. The monoisotopic (exact) mass is 573 g/mol. The first kappa shape index (κ1) is 32.1. The normalized spacial score (nSPS) is 12.4. The second-order valence-corrected chi connectivity index (χ2v) is 9.74. The average Bonchev–Trinajstić information content (AvgIpc) is 2.86. The predicted molar refractivity (Wildman–Crippen MR) is 142 cm³/mol. The van der Waals surface area contributed by atoms with Crippen LogP contribution in [0.2, 0.25) is 0 Å². The number of aliphatic carboxylic acids is 3. The highest BCUT2D eigenvalue weighted by Gasteiger charge is 2.31. The Morgan fingerprint density at radius 2 is 1.37 bits per heavy atom. The van der Waals surface area contributed by atoms with E-state index >= 15 is 0 Å². The number of carboxylic acid groups (broad SMARTS) is 3. The fourth-order valence-electron chi connectivity index (χ4n) is 3.35. The van der Waals surface area contributed by atoms with Gasteiger partial charge in [0.1, 0.15) is 23.4 Å². The van der Waals surface area contributed by atoms with Crippen LogP contribution < -0.4 is 20.7 Å². The summed E-state index contributed by atoms with van der Waals surface area (Å²) < 4.78 is 10.1. The lowest BCUT2D eigenvalue weighted by Crippen LogP contribution is -2.54. The molecule has 0 aliphatic heterocycles. The molecule has 0 radical (unpaired) electrons. The van der Waals surface area contributed by atoms with Crippen molar-refractivity contribution in [3.63, 3.8) is 0 Å². The molecule has 2 atom stereocenters. The Labute approximate surface area is 234 Å². The first-order chi connectivity index (χ1) is 19.1. The molecule has 0 fully saturated rings. The zero-order valence-corrected chi connectivity index (χ0v) is 22.5. The Balaban J connectivity index is 2.27. The summed E-state index contributed by atoms with van der Waals surface area (Å²) in [6.45, 7) is 4.76. The molecule has 14 heteroatoms. The number of nitrogens with one attached hydrogen (secondary N) is 3. The van der Waals surface area contributed by atoms with Crippen LogP contribution >= 0.6 is 0 Å². The zero-order valence-electron chi connectivity index (χ0n) is 22.5. The minimum absolute atomic E-state index is 0.0686. The molecule has 0 saturated carbocycles. The number of alkyl carbamates (subject to hydrolysis) is 1. The van der Waals surface area contributed by atoms with Crippen molar-refractivity contribution in [1.82, 2.24) is 10.6 Å². The lowest BCUT2D eigenvalue weighted by molar-refractivity contribution is -0.159. The van der Waals surface area contributed by atoms with Crippen molar-refractivity contribution in [2.75, 3.05) is 5.32 Å². The number of carboxylic acids is 3. The number of benzene rings is 2. The van der Waals surface area contributed by atoms with Crippen LogP contribution in [-0.2, 0) is 35.1 Å². The summed E-state index contributed by atoms with van der Waals surface area (Å²) in [5.41, 5.74) is -0.0529. The van der Waals surface area contributed by atoms with E-state index in [4.69, 9.17) is 19.7 Å². The van der Waals surface area contributed by atoms with Gasteiger partial charge in [0.25, 0.3) is 6.10 Å². The zero-order chi connectivity index (χ0) is 30.7. The van der Waals surface area contributed by atoms with E-state index in [0.717, 1.165) is 0 Å². The van der Waals surface area contributed by atoms with E-state index < -0.39 is 66.0 Å². The number of hydrogen-bond acceptors (Lipinski definition) is 8. The van der Waals surface area contributed by atoms with E-state index in [0.29, 0.717) is 11.3 Å². The van der Waals surface area contributed by atoms with E-state index in [1.54, 1.807) is 51.1 Å². The van der Waals surface area contributed by atoms with Gasteiger partial charge in [-0.2, -0.15) is 0 Å². The van der Waals surface area contributed by atoms with Crippen LogP contribution in [0.5, 0.6) is 5.75 Å². The van der Waals surface area contributed by atoms with Gasteiger partial charge in [0.2, 0.25) is 11.8 Å². The summed E-state index contributed by atoms with van der Waals surface area (Å²) in [6.07, 6.45) is -4.08. The smallest absolute Gasteiger partial charge is 0.408 e. The molecule has 41 heavy (non-hydrogen) atoms. The lowest BCUT2D eigenvalue weighted by atomic mass is 10.0. The van der Waals surface area contributed by atoms with E-state index in [-0.39, 0.29) is 12.2 Å². The van der Waals surface area contributed by atoms with E-state index in [1.807, 2.05) is 0 Å². The first-order valence-electron chi connectivity index (χ1n) is 12.2. The molecule has 0 spiro atoms. The highest BCUT2D eigenvalue weighted by atomic mass is 16.6. The summed E-state index contributed by atoms with van der Waals surface area (Å²) in [5, 5.41) is 34.6. The van der Waals surface area contributed by atoms with Gasteiger partial charge in [0.05, 0.1) is 6.42 Å². The van der Waals surface area contributed by atoms with Gasteiger partial charge in [0, 0.05) is 12.1 Å². The highest BCUT2D eigenvalue weighted by molar-refractivity contribution is 5.99. The number of rotatable bonds is 13. The summed E-state index contributed by atoms with van der Waals surface area (Å²) in [5.74, 6) is -6.47. The number of anilines is 1. The van der Waals surface area contributed by atoms with Crippen molar-refractivity contribution < 1.29 is 53.6 Å². The second-order valence-electron chi connectivity index (χ2n) is 9.74. The van der Waals surface area contributed by atoms with Gasteiger partial charge in [-0.25, -0.2) is 14.4 Å². The van der Waals surface area contributed by atoms with Gasteiger partial charge in [-0.15, -0.1) is 0 Å². The lowest BCUT2D eigenvalue weighted by Gasteiger charge is -2.24. The van der Waals surface area contributed by atoms with Crippen LogP contribution in [0.4, 0.5) is 10.5 Å². The molecule has 2 aromatic carbocycles. The van der Waals surface area contributed by atoms with Gasteiger partial charge < -0.3 is 40.7 Å².